The molecule has 1 atom stereocenters. The Hall–Kier alpha value is -1.22. The highest BCUT2D eigenvalue weighted by Gasteiger charge is 2.29. The zero-order valence-electron chi connectivity index (χ0n) is 12.2. The van der Waals surface area contributed by atoms with Gasteiger partial charge in [-0.2, -0.15) is 0 Å². The Morgan fingerprint density at radius 2 is 1.67 bits per heavy atom. The van der Waals surface area contributed by atoms with Crippen molar-refractivity contribution in [2.24, 2.45) is 5.41 Å². The number of rotatable bonds is 5. The van der Waals surface area contributed by atoms with E-state index in [1.807, 2.05) is 19.1 Å². The Kier molecular flexibility index (Phi) is 4.63. The monoisotopic (exact) mass is 252 g/mol. The molecule has 3 nitrogen and oxygen atoms in total. The number of methoxy groups -OCH3 is 2. The molecule has 1 unspecified atom stereocenters. The molecular weight excluding hydrogens is 228 g/mol. The first-order chi connectivity index (χ1) is 8.37. The van der Waals surface area contributed by atoms with E-state index in [4.69, 9.17) is 9.47 Å². The summed E-state index contributed by atoms with van der Waals surface area (Å²) < 4.78 is 10.5. The zero-order chi connectivity index (χ0) is 13.9. The van der Waals surface area contributed by atoms with E-state index in [2.05, 4.69) is 20.8 Å². The summed E-state index contributed by atoms with van der Waals surface area (Å²) in [6.07, 6.45) is 0.393. The van der Waals surface area contributed by atoms with Gasteiger partial charge in [-0.1, -0.05) is 20.8 Å². The maximum atomic E-state index is 10.5. The average molecular weight is 252 g/mol. The molecule has 0 aliphatic carbocycles. The van der Waals surface area contributed by atoms with Gasteiger partial charge in [-0.05, 0) is 42.0 Å². The first-order valence-corrected chi connectivity index (χ1v) is 6.28. The largest absolute Gasteiger partial charge is 0.493 e. The summed E-state index contributed by atoms with van der Waals surface area (Å²) >= 11 is 0. The van der Waals surface area contributed by atoms with Gasteiger partial charge in [0.05, 0.1) is 20.3 Å². The molecule has 0 heterocycles. The minimum absolute atomic E-state index is 0.162. The predicted molar refractivity (Wildman–Crippen MR) is 73.3 cm³/mol. The van der Waals surface area contributed by atoms with E-state index >= 15 is 0 Å². The van der Waals surface area contributed by atoms with Gasteiger partial charge in [-0.25, -0.2) is 0 Å². The van der Waals surface area contributed by atoms with E-state index in [-0.39, 0.29) is 5.41 Å². The van der Waals surface area contributed by atoms with Crippen LogP contribution in [0.25, 0.3) is 0 Å². The number of ether oxygens (including phenoxy) is 2. The molecule has 1 N–H and O–H groups in total. The molecule has 0 saturated carbocycles. The number of hydrogen-bond acceptors (Lipinski definition) is 3. The molecule has 0 bridgehead atoms. The van der Waals surface area contributed by atoms with Crippen LogP contribution in [-0.2, 0) is 0 Å². The fourth-order valence-electron chi connectivity index (χ4n) is 1.91. The summed E-state index contributed by atoms with van der Waals surface area (Å²) in [5.41, 5.74) is 1.76. The van der Waals surface area contributed by atoms with Crippen molar-refractivity contribution in [1.29, 1.82) is 0 Å². The average Bonchev–Trinajstić information content (AvgIpc) is 2.37. The molecule has 0 fully saturated rings. The van der Waals surface area contributed by atoms with Gasteiger partial charge in [0.15, 0.2) is 11.5 Å². The van der Waals surface area contributed by atoms with Gasteiger partial charge in [0, 0.05) is 0 Å². The van der Waals surface area contributed by atoms with Crippen LogP contribution in [0.15, 0.2) is 12.1 Å². The van der Waals surface area contributed by atoms with E-state index in [0.29, 0.717) is 11.5 Å². The number of hydrogen-bond donors (Lipinski definition) is 1. The van der Waals surface area contributed by atoms with Gasteiger partial charge in [-0.15, -0.1) is 0 Å². The Labute approximate surface area is 110 Å². The minimum Gasteiger partial charge on any atom is -0.493 e. The standard InChI is InChI=1S/C15H24O3/c1-7-15(3,4)14(16)11-9-13(18-6)12(17-5)8-10(11)2/h8-9,14,16H,7H2,1-6H3. The lowest BCUT2D eigenvalue weighted by Crippen LogP contribution is -2.21. The van der Waals surface area contributed by atoms with Crippen molar-refractivity contribution >= 4 is 0 Å². The van der Waals surface area contributed by atoms with Crippen molar-refractivity contribution in [1.82, 2.24) is 0 Å². The maximum Gasteiger partial charge on any atom is 0.161 e. The highest BCUT2D eigenvalue weighted by molar-refractivity contribution is 5.48. The topological polar surface area (TPSA) is 38.7 Å². The number of aliphatic hydroxyl groups is 1. The van der Waals surface area contributed by atoms with Crippen molar-refractivity contribution in [2.75, 3.05) is 14.2 Å². The van der Waals surface area contributed by atoms with Crippen molar-refractivity contribution < 1.29 is 14.6 Å². The van der Waals surface area contributed by atoms with Crippen LogP contribution < -0.4 is 9.47 Å². The lowest BCUT2D eigenvalue weighted by atomic mass is 9.79. The fourth-order valence-corrected chi connectivity index (χ4v) is 1.91. The second kappa shape index (κ2) is 5.61. The van der Waals surface area contributed by atoms with Gasteiger partial charge in [0.25, 0.3) is 0 Å². The third-order valence-corrected chi connectivity index (χ3v) is 3.72. The summed E-state index contributed by atoms with van der Waals surface area (Å²) in [5.74, 6) is 1.35. The van der Waals surface area contributed by atoms with E-state index in [9.17, 15) is 5.11 Å². The van der Waals surface area contributed by atoms with E-state index in [0.717, 1.165) is 17.5 Å². The highest BCUT2D eigenvalue weighted by atomic mass is 16.5. The summed E-state index contributed by atoms with van der Waals surface area (Å²) in [4.78, 5) is 0. The lowest BCUT2D eigenvalue weighted by Gasteiger charge is -2.31. The number of aryl methyl sites for hydroxylation is 1. The lowest BCUT2D eigenvalue weighted by molar-refractivity contribution is 0.0458. The van der Waals surface area contributed by atoms with Gasteiger partial charge < -0.3 is 14.6 Å². The minimum atomic E-state index is -0.512. The number of benzene rings is 1. The summed E-state index contributed by atoms with van der Waals surface area (Å²) in [6, 6.07) is 3.78. The molecule has 0 aliphatic heterocycles. The van der Waals surface area contributed by atoms with Crippen molar-refractivity contribution in [2.45, 2.75) is 40.2 Å². The normalized spacial score (nSPS) is 13.3. The SMILES string of the molecule is CCC(C)(C)C(O)c1cc(OC)c(OC)cc1C. The molecule has 0 amide bonds. The molecule has 102 valence electrons. The van der Waals surface area contributed by atoms with Gasteiger partial charge >= 0.3 is 0 Å². The smallest absolute Gasteiger partial charge is 0.161 e. The van der Waals surface area contributed by atoms with Crippen molar-refractivity contribution in [3.8, 4) is 11.5 Å². The van der Waals surface area contributed by atoms with E-state index in [1.54, 1.807) is 14.2 Å². The summed E-state index contributed by atoms with van der Waals surface area (Å²) in [6.45, 7) is 8.19. The van der Waals surface area contributed by atoms with E-state index in [1.165, 1.54) is 0 Å². The first-order valence-electron chi connectivity index (χ1n) is 6.28. The van der Waals surface area contributed by atoms with Crippen molar-refractivity contribution in [3.63, 3.8) is 0 Å². The second-order valence-electron chi connectivity index (χ2n) is 5.31. The Bertz CT molecular complexity index is 410. The third-order valence-electron chi connectivity index (χ3n) is 3.72. The van der Waals surface area contributed by atoms with Gasteiger partial charge in [-0.3, -0.25) is 0 Å². The molecule has 0 saturated heterocycles. The Balaban J connectivity index is 3.25. The quantitative estimate of drug-likeness (QED) is 0.872. The number of aliphatic hydroxyl groups excluding tert-OH is 1. The molecular formula is C15H24O3. The fraction of sp³-hybridized carbons (Fsp3) is 0.600. The highest BCUT2D eigenvalue weighted by Crippen LogP contribution is 2.41. The Morgan fingerprint density at radius 1 is 1.17 bits per heavy atom. The Morgan fingerprint density at radius 3 is 2.11 bits per heavy atom. The van der Waals surface area contributed by atoms with Gasteiger partial charge in [0.1, 0.15) is 0 Å². The first kappa shape index (κ1) is 14.8. The van der Waals surface area contributed by atoms with Crippen molar-refractivity contribution in [3.05, 3.63) is 23.3 Å². The molecule has 18 heavy (non-hydrogen) atoms. The van der Waals surface area contributed by atoms with Crippen LogP contribution in [0.4, 0.5) is 0 Å². The zero-order valence-corrected chi connectivity index (χ0v) is 12.2. The van der Waals surface area contributed by atoms with Crippen LogP contribution in [0.5, 0.6) is 11.5 Å². The van der Waals surface area contributed by atoms with Crippen LogP contribution in [0.3, 0.4) is 0 Å². The molecule has 0 aliphatic rings. The van der Waals surface area contributed by atoms with Crippen LogP contribution in [-0.4, -0.2) is 19.3 Å². The van der Waals surface area contributed by atoms with Gasteiger partial charge in [0.2, 0.25) is 0 Å². The molecule has 1 rings (SSSR count). The summed E-state index contributed by atoms with van der Waals surface area (Å²) in [7, 11) is 3.22. The molecule has 0 aromatic heterocycles. The van der Waals surface area contributed by atoms with Crippen LogP contribution in [0.1, 0.15) is 44.4 Å². The predicted octanol–water partition coefficient (Wildman–Crippen LogP) is 3.48. The third kappa shape index (κ3) is 2.78. The van der Waals surface area contributed by atoms with Crippen LogP contribution in [0, 0.1) is 12.3 Å². The van der Waals surface area contributed by atoms with E-state index < -0.39 is 6.10 Å². The molecule has 0 spiro atoms. The van der Waals surface area contributed by atoms with Crippen LogP contribution >= 0.6 is 0 Å². The molecule has 0 radical (unpaired) electrons. The maximum absolute atomic E-state index is 10.5. The molecule has 1 aromatic carbocycles. The summed E-state index contributed by atoms with van der Waals surface area (Å²) in [5, 5.41) is 10.5. The molecule has 1 aromatic rings. The van der Waals surface area contributed by atoms with Crippen LogP contribution in [0.2, 0.25) is 0 Å². The molecule has 3 heteroatoms. The second-order valence-corrected chi connectivity index (χ2v) is 5.31.